The molecule has 0 aromatic carbocycles. The summed E-state index contributed by atoms with van der Waals surface area (Å²) < 4.78 is 0. The number of aliphatic hydroxyl groups is 6. The number of hydrogen-bond donors (Lipinski definition) is 6. The van der Waals surface area contributed by atoms with Crippen LogP contribution in [0.25, 0.3) is 0 Å². The van der Waals surface area contributed by atoms with Gasteiger partial charge in [-0.25, -0.2) is 0 Å². The van der Waals surface area contributed by atoms with E-state index in [1.165, 1.54) is 0 Å². The largest absolute Gasteiger partial charge is 0.397 e. The van der Waals surface area contributed by atoms with Crippen molar-refractivity contribution in [3.63, 3.8) is 0 Å². The smallest absolute Gasteiger partial charge is 0.151 e. The summed E-state index contributed by atoms with van der Waals surface area (Å²) in [6.45, 7) is 1.17. The van der Waals surface area contributed by atoms with Crippen LogP contribution in [-0.4, -0.2) is 74.6 Å². The molecule has 0 saturated heterocycles. The van der Waals surface area contributed by atoms with Gasteiger partial charge in [-0.1, -0.05) is 0 Å². The highest BCUT2D eigenvalue weighted by Gasteiger charge is 2.29. The van der Waals surface area contributed by atoms with E-state index in [-0.39, 0.29) is 12.9 Å². The lowest BCUT2D eigenvalue weighted by Crippen LogP contribution is -2.46. The number of aldehydes is 1. The summed E-state index contributed by atoms with van der Waals surface area (Å²) in [4.78, 5) is 9.90. The molecule has 0 spiro atoms. The van der Waals surface area contributed by atoms with Crippen LogP contribution in [0.4, 0.5) is 0 Å². The molecule has 0 amide bonds. The highest BCUT2D eigenvalue weighted by Crippen LogP contribution is 2.02. The summed E-state index contributed by atoms with van der Waals surface area (Å²) in [5, 5.41) is 51.1. The van der Waals surface area contributed by atoms with Gasteiger partial charge in [0.1, 0.15) is 24.4 Å². The summed E-state index contributed by atoms with van der Waals surface area (Å²) in [6.07, 6.45) is -6.84. The maximum absolute atomic E-state index is 9.90. The molecule has 0 aliphatic carbocycles. The van der Waals surface area contributed by atoms with Crippen molar-refractivity contribution >= 4 is 6.29 Å². The van der Waals surface area contributed by atoms with Crippen molar-refractivity contribution in [3.05, 3.63) is 0 Å². The Hall–Kier alpha value is -0.570. The van der Waals surface area contributed by atoms with Crippen LogP contribution in [0.2, 0.25) is 0 Å². The zero-order valence-electron chi connectivity index (χ0n) is 8.39. The second-order valence-corrected chi connectivity index (χ2v) is 2.67. The predicted molar refractivity (Wildman–Crippen MR) is 49.9 cm³/mol. The van der Waals surface area contributed by atoms with Gasteiger partial charge in [0, 0.05) is 6.61 Å². The summed E-state index contributed by atoms with van der Waals surface area (Å²) in [6, 6.07) is 0. The van der Waals surface area contributed by atoms with Crippen molar-refractivity contribution in [2.75, 3.05) is 13.2 Å². The molecule has 0 rings (SSSR count). The lowest BCUT2D eigenvalue weighted by Gasteiger charge is -2.22. The molecular formula is C8H18O7. The van der Waals surface area contributed by atoms with Crippen LogP contribution in [0, 0.1) is 0 Å². The second kappa shape index (κ2) is 9.97. The third-order valence-electron chi connectivity index (χ3n) is 1.42. The van der Waals surface area contributed by atoms with E-state index >= 15 is 0 Å². The number of aliphatic hydroxyl groups excluding tert-OH is 6. The fourth-order valence-electron chi connectivity index (χ4n) is 0.618. The van der Waals surface area contributed by atoms with Gasteiger partial charge < -0.3 is 35.4 Å². The molecule has 0 aromatic rings. The number of rotatable bonds is 5. The fourth-order valence-corrected chi connectivity index (χ4v) is 0.618. The average molecular weight is 226 g/mol. The molecule has 4 unspecified atom stereocenters. The Morgan fingerprint density at radius 1 is 1.07 bits per heavy atom. The molecule has 0 heterocycles. The fraction of sp³-hybridized carbons (Fsp3) is 0.875. The first kappa shape index (κ1) is 16.8. The summed E-state index contributed by atoms with van der Waals surface area (Å²) in [5.41, 5.74) is 0. The molecule has 15 heavy (non-hydrogen) atoms. The zero-order valence-corrected chi connectivity index (χ0v) is 8.39. The highest BCUT2D eigenvalue weighted by molar-refractivity contribution is 5.56. The summed E-state index contributed by atoms with van der Waals surface area (Å²) >= 11 is 0. The van der Waals surface area contributed by atoms with Crippen LogP contribution < -0.4 is 0 Å². The van der Waals surface area contributed by atoms with Crippen LogP contribution >= 0.6 is 0 Å². The predicted octanol–water partition coefficient (Wildman–Crippen LogP) is -3.38. The Morgan fingerprint density at radius 2 is 1.47 bits per heavy atom. The molecule has 0 bridgehead atoms. The minimum Gasteiger partial charge on any atom is -0.397 e. The molecule has 4 atom stereocenters. The molecule has 7 heteroatoms. The Labute approximate surface area is 87.2 Å². The van der Waals surface area contributed by atoms with Gasteiger partial charge in [0.15, 0.2) is 6.29 Å². The normalized spacial score (nSPS) is 18.1. The Bertz CT molecular complexity index is 152. The number of hydrogen-bond acceptors (Lipinski definition) is 7. The molecule has 0 radical (unpaired) electrons. The van der Waals surface area contributed by atoms with Crippen molar-refractivity contribution < 1.29 is 35.4 Å². The van der Waals surface area contributed by atoms with Gasteiger partial charge in [0.2, 0.25) is 0 Å². The zero-order chi connectivity index (χ0) is 12.4. The van der Waals surface area contributed by atoms with Gasteiger partial charge in [-0.3, -0.25) is 0 Å². The molecule has 0 saturated carbocycles. The van der Waals surface area contributed by atoms with Gasteiger partial charge in [-0.05, 0) is 6.92 Å². The van der Waals surface area contributed by atoms with E-state index in [0.29, 0.717) is 0 Å². The van der Waals surface area contributed by atoms with Gasteiger partial charge in [0.05, 0.1) is 6.61 Å². The van der Waals surface area contributed by atoms with Crippen molar-refractivity contribution in [2.24, 2.45) is 0 Å². The minimum absolute atomic E-state index is 0.0258. The summed E-state index contributed by atoms with van der Waals surface area (Å²) in [7, 11) is 0. The maximum Gasteiger partial charge on any atom is 0.151 e. The van der Waals surface area contributed by atoms with E-state index in [1.54, 1.807) is 6.92 Å². The standard InChI is InChI=1S/C6H12O6.C2H6O/c7-1-3(9)5(11)6(12)4(10)2-8;1-2-3/h1,3-6,8-12H,2H2;3H,2H2,1H3. The molecular weight excluding hydrogens is 208 g/mol. The quantitative estimate of drug-likeness (QED) is 0.269. The minimum atomic E-state index is -1.79. The first-order chi connectivity index (χ1) is 6.95. The monoisotopic (exact) mass is 226 g/mol. The van der Waals surface area contributed by atoms with Crippen LogP contribution in [0.1, 0.15) is 6.92 Å². The van der Waals surface area contributed by atoms with Crippen LogP contribution in [0.3, 0.4) is 0 Å². The molecule has 92 valence electrons. The summed E-state index contributed by atoms with van der Waals surface area (Å²) in [5.74, 6) is 0. The van der Waals surface area contributed by atoms with Crippen molar-refractivity contribution in [2.45, 2.75) is 31.3 Å². The first-order valence-electron chi connectivity index (χ1n) is 4.35. The first-order valence-corrected chi connectivity index (χ1v) is 4.35. The molecule has 0 aliphatic rings. The van der Waals surface area contributed by atoms with E-state index in [4.69, 9.17) is 30.6 Å². The molecule has 7 nitrogen and oxygen atoms in total. The maximum atomic E-state index is 9.90. The molecule has 0 aliphatic heterocycles. The molecule has 0 fully saturated rings. The van der Waals surface area contributed by atoms with E-state index in [1.807, 2.05) is 0 Å². The SMILES string of the molecule is CCO.O=CC(O)C(O)C(O)C(O)CO. The Kier molecular flexibility index (Phi) is 11.2. The topological polar surface area (TPSA) is 138 Å². The van der Waals surface area contributed by atoms with E-state index in [0.717, 1.165) is 0 Å². The Morgan fingerprint density at radius 3 is 1.73 bits per heavy atom. The lowest BCUT2D eigenvalue weighted by atomic mass is 10.0. The van der Waals surface area contributed by atoms with Crippen molar-refractivity contribution in [1.82, 2.24) is 0 Å². The Balaban J connectivity index is 0. The van der Waals surface area contributed by atoms with Gasteiger partial charge in [-0.2, -0.15) is 0 Å². The van der Waals surface area contributed by atoms with Crippen LogP contribution in [-0.2, 0) is 4.79 Å². The van der Waals surface area contributed by atoms with Crippen LogP contribution in [0.15, 0.2) is 0 Å². The lowest BCUT2D eigenvalue weighted by molar-refractivity contribution is -0.136. The van der Waals surface area contributed by atoms with Crippen LogP contribution in [0.5, 0.6) is 0 Å². The van der Waals surface area contributed by atoms with E-state index in [9.17, 15) is 4.79 Å². The van der Waals surface area contributed by atoms with Gasteiger partial charge >= 0.3 is 0 Å². The average Bonchev–Trinajstić information content (AvgIpc) is 2.25. The number of carbonyl (C=O) groups is 1. The van der Waals surface area contributed by atoms with Crippen molar-refractivity contribution in [1.29, 1.82) is 0 Å². The third kappa shape index (κ3) is 7.37. The van der Waals surface area contributed by atoms with E-state index < -0.39 is 31.0 Å². The molecule has 6 N–H and O–H groups in total. The van der Waals surface area contributed by atoms with Gasteiger partial charge in [-0.15, -0.1) is 0 Å². The number of carbonyl (C=O) groups excluding carboxylic acids is 1. The third-order valence-corrected chi connectivity index (χ3v) is 1.42. The van der Waals surface area contributed by atoms with Gasteiger partial charge in [0.25, 0.3) is 0 Å². The molecule has 0 aromatic heterocycles. The van der Waals surface area contributed by atoms with E-state index in [2.05, 4.69) is 0 Å². The second-order valence-electron chi connectivity index (χ2n) is 2.67. The van der Waals surface area contributed by atoms with Crippen molar-refractivity contribution in [3.8, 4) is 0 Å². The highest BCUT2D eigenvalue weighted by atomic mass is 16.4.